The number of rotatable bonds is 3. The van der Waals surface area contributed by atoms with Crippen molar-refractivity contribution in [1.82, 2.24) is 5.32 Å². The highest BCUT2D eigenvalue weighted by molar-refractivity contribution is 9.10. The number of amides is 1. The van der Waals surface area contributed by atoms with Gasteiger partial charge in [0.15, 0.2) is 0 Å². The Balaban J connectivity index is 2.09. The Hall–Kier alpha value is -2.19. The van der Waals surface area contributed by atoms with Gasteiger partial charge in [-0.15, -0.1) is 0 Å². The Morgan fingerprint density at radius 2 is 2.10 bits per heavy atom. The van der Waals surface area contributed by atoms with E-state index in [0.717, 1.165) is 4.47 Å². The molecule has 0 aromatic heterocycles. The van der Waals surface area contributed by atoms with E-state index in [9.17, 15) is 9.18 Å². The van der Waals surface area contributed by atoms with Crippen LogP contribution in [0.2, 0.25) is 0 Å². The molecule has 0 heterocycles. The molecule has 2 aromatic rings. The van der Waals surface area contributed by atoms with Gasteiger partial charge in [0.1, 0.15) is 5.82 Å². The minimum absolute atomic E-state index is 0.0842. The van der Waals surface area contributed by atoms with Gasteiger partial charge >= 0.3 is 0 Å². The van der Waals surface area contributed by atoms with E-state index in [1.165, 1.54) is 12.1 Å². The summed E-state index contributed by atoms with van der Waals surface area (Å²) in [7, 11) is 0. The standard InChI is InChI=1S/C15H10BrFN2O/c16-13-4-5-14(17)12(7-13)9-19-15(20)11-3-1-2-10(6-11)8-18/h1-7H,9H2,(H,19,20). The molecule has 0 fully saturated rings. The van der Waals surface area contributed by atoms with Gasteiger partial charge in [-0.3, -0.25) is 4.79 Å². The first-order valence-electron chi connectivity index (χ1n) is 5.82. The van der Waals surface area contributed by atoms with Crippen LogP contribution in [0.15, 0.2) is 46.9 Å². The SMILES string of the molecule is N#Cc1cccc(C(=O)NCc2cc(Br)ccc2F)c1. The fourth-order valence-corrected chi connectivity index (χ4v) is 2.09. The number of benzene rings is 2. The van der Waals surface area contributed by atoms with Crippen LogP contribution in [-0.2, 0) is 6.54 Å². The molecule has 1 amide bonds. The van der Waals surface area contributed by atoms with Crippen LogP contribution in [0.25, 0.3) is 0 Å². The zero-order chi connectivity index (χ0) is 14.5. The number of nitrogens with zero attached hydrogens (tertiary/aromatic N) is 1. The van der Waals surface area contributed by atoms with E-state index in [1.807, 2.05) is 6.07 Å². The third-order valence-electron chi connectivity index (χ3n) is 2.70. The van der Waals surface area contributed by atoms with Crippen molar-refractivity contribution in [3.05, 3.63) is 69.4 Å². The summed E-state index contributed by atoms with van der Waals surface area (Å²) in [6, 6.07) is 12.9. The number of hydrogen-bond donors (Lipinski definition) is 1. The van der Waals surface area contributed by atoms with Gasteiger partial charge in [-0.1, -0.05) is 22.0 Å². The monoisotopic (exact) mass is 332 g/mol. The van der Waals surface area contributed by atoms with Crippen LogP contribution in [0.4, 0.5) is 4.39 Å². The summed E-state index contributed by atoms with van der Waals surface area (Å²) in [4.78, 5) is 11.9. The lowest BCUT2D eigenvalue weighted by atomic mass is 10.1. The number of carbonyl (C=O) groups excluding carboxylic acids is 1. The highest BCUT2D eigenvalue weighted by atomic mass is 79.9. The van der Waals surface area contributed by atoms with E-state index < -0.39 is 0 Å². The predicted octanol–water partition coefficient (Wildman–Crippen LogP) is 3.39. The second kappa shape index (κ2) is 6.31. The van der Waals surface area contributed by atoms with E-state index in [1.54, 1.807) is 30.3 Å². The average Bonchev–Trinajstić information content (AvgIpc) is 2.48. The van der Waals surface area contributed by atoms with Crippen LogP contribution in [0.1, 0.15) is 21.5 Å². The number of nitrogens with one attached hydrogen (secondary N) is 1. The van der Waals surface area contributed by atoms with E-state index in [4.69, 9.17) is 5.26 Å². The van der Waals surface area contributed by atoms with E-state index in [0.29, 0.717) is 16.7 Å². The lowest BCUT2D eigenvalue weighted by Gasteiger charge is -2.07. The third-order valence-corrected chi connectivity index (χ3v) is 3.19. The third kappa shape index (κ3) is 3.43. The van der Waals surface area contributed by atoms with Crippen molar-refractivity contribution >= 4 is 21.8 Å². The van der Waals surface area contributed by atoms with Crippen LogP contribution in [0, 0.1) is 17.1 Å². The first kappa shape index (κ1) is 14.2. The van der Waals surface area contributed by atoms with Crippen LogP contribution in [0.3, 0.4) is 0 Å². The molecule has 2 rings (SSSR count). The molecule has 5 heteroatoms. The Labute approximate surface area is 124 Å². The van der Waals surface area contributed by atoms with Gasteiger partial charge in [0.2, 0.25) is 0 Å². The summed E-state index contributed by atoms with van der Waals surface area (Å²) >= 11 is 3.25. The Bertz CT molecular complexity index is 695. The fourth-order valence-electron chi connectivity index (χ4n) is 1.69. The van der Waals surface area contributed by atoms with Gasteiger partial charge in [0, 0.05) is 22.1 Å². The summed E-state index contributed by atoms with van der Waals surface area (Å²) in [5, 5.41) is 11.4. The van der Waals surface area contributed by atoms with Crippen molar-refractivity contribution in [3.63, 3.8) is 0 Å². The minimum Gasteiger partial charge on any atom is -0.348 e. The molecule has 0 aliphatic heterocycles. The molecule has 0 aliphatic carbocycles. The molecular formula is C15H10BrFN2O. The molecule has 20 heavy (non-hydrogen) atoms. The minimum atomic E-state index is -0.376. The molecule has 0 bridgehead atoms. The summed E-state index contributed by atoms with van der Waals surface area (Å²) in [6.45, 7) is 0.0842. The topological polar surface area (TPSA) is 52.9 Å². The lowest BCUT2D eigenvalue weighted by Crippen LogP contribution is -2.23. The van der Waals surface area contributed by atoms with Crippen molar-refractivity contribution < 1.29 is 9.18 Å². The van der Waals surface area contributed by atoms with Crippen molar-refractivity contribution in [2.75, 3.05) is 0 Å². The van der Waals surface area contributed by atoms with E-state index in [2.05, 4.69) is 21.2 Å². The highest BCUT2D eigenvalue weighted by Crippen LogP contribution is 2.15. The van der Waals surface area contributed by atoms with Gasteiger partial charge < -0.3 is 5.32 Å². The molecule has 0 unspecified atom stereocenters. The molecule has 2 aromatic carbocycles. The molecule has 1 N–H and O–H groups in total. The molecule has 0 spiro atoms. The molecular weight excluding hydrogens is 323 g/mol. The number of carbonyl (C=O) groups is 1. The van der Waals surface area contributed by atoms with Gasteiger partial charge in [0.05, 0.1) is 11.6 Å². The molecule has 0 saturated heterocycles. The highest BCUT2D eigenvalue weighted by Gasteiger charge is 2.08. The zero-order valence-corrected chi connectivity index (χ0v) is 11.9. The van der Waals surface area contributed by atoms with E-state index >= 15 is 0 Å². The van der Waals surface area contributed by atoms with Gasteiger partial charge in [-0.25, -0.2) is 4.39 Å². The molecule has 0 atom stereocenters. The Kier molecular flexibility index (Phi) is 4.49. The summed E-state index contributed by atoms with van der Waals surface area (Å²) < 4.78 is 14.3. The normalized spacial score (nSPS) is 9.85. The first-order chi connectivity index (χ1) is 9.60. The van der Waals surface area contributed by atoms with Crippen LogP contribution in [-0.4, -0.2) is 5.91 Å². The first-order valence-corrected chi connectivity index (χ1v) is 6.62. The summed E-state index contributed by atoms with van der Waals surface area (Å²) in [6.07, 6.45) is 0. The average molecular weight is 333 g/mol. The van der Waals surface area contributed by atoms with Crippen LogP contribution in [0.5, 0.6) is 0 Å². The van der Waals surface area contributed by atoms with Gasteiger partial charge in [-0.2, -0.15) is 5.26 Å². The second-order valence-corrected chi connectivity index (χ2v) is 5.03. The molecule has 0 radical (unpaired) electrons. The van der Waals surface area contributed by atoms with Crippen molar-refractivity contribution in [1.29, 1.82) is 5.26 Å². The van der Waals surface area contributed by atoms with Crippen molar-refractivity contribution in [3.8, 4) is 6.07 Å². The number of nitriles is 1. The Morgan fingerprint density at radius 3 is 2.85 bits per heavy atom. The number of halogens is 2. The van der Waals surface area contributed by atoms with Crippen LogP contribution < -0.4 is 5.32 Å². The second-order valence-electron chi connectivity index (χ2n) is 4.11. The van der Waals surface area contributed by atoms with Gasteiger partial charge in [0.25, 0.3) is 5.91 Å². The number of hydrogen-bond acceptors (Lipinski definition) is 2. The maximum absolute atomic E-state index is 13.5. The fraction of sp³-hybridized carbons (Fsp3) is 0.0667. The summed E-state index contributed by atoms with van der Waals surface area (Å²) in [5.41, 5.74) is 1.18. The molecule has 3 nitrogen and oxygen atoms in total. The molecule has 100 valence electrons. The molecule has 0 saturated carbocycles. The maximum Gasteiger partial charge on any atom is 0.251 e. The van der Waals surface area contributed by atoms with Crippen molar-refractivity contribution in [2.45, 2.75) is 6.54 Å². The lowest BCUT2D eigenvalue weighted by molar-refractivity contribution is 0.0950. The van der Waals surface area contributed by atoms with Crippen LogP contribution >= 0.6 is 15.9 Å². The summed E-state index contributed by atoms with van der Waals surface area (Å²) in [5.74, 6) is -0.722. The Morgan fingerprint density at radius 1 is 1.30 bits per heavy atom. The largest absolute Gasteiger partial charge is 0.348 e. The smallest absolute Gasteiger partial charge is 0.251 e. The van der Waals surface area contributed by atoms with Gasteiger partial charge in [-0.05, 0) is 36.4 Å². The predicted molar refractivity (Wildman–Crippen MR) is 76.4 cm³/mol. The zero-order valence-electron chi connectivity index (χ0n) is 10.4. The van der Waals surface area contributed by atoms with Crippen molar-refractivity contribution in [2.24, 2.45) is 0 Å². The molecule has 0 aliphatic rings. The quantitative estimate of drug-likeness (QED) is 0.936. The van der Waals surface area contributed by atoms with E-state index in [-0.39, 0.29) is 18.3 Å². The maximum atomic E-state index is 13.5.